The number of aromatic nitrogens is 2. The van der Waals surface area contributed by atoms with Crippen LogP contribution in [0.25, 0.3) is 5.69 Å². The molecule has 2 N–H and O–H groups in total. The molecule has 36 heavy (non-hydrogen) atoms. The molecular formula is C27H34ClN5O3. The first-order valence-corrected chi connectivity index (χ1v) is 12.2. The van der Waals surface area contributed by atoms with E-state index in [0.29, 0.717) is 23.1 Å². The summed E-state index contributed by atoms with van der Waals surface area (Å²) in [6.45, 7) is 10.5. The van der Waals surface area contributed by atoms with Crippen LogP contribution in [0.3, 0.4) is 0 Å². The fourth-order valence-corrected chi connectivity index (χ4v) is 3.63. The van der Waals surface area contributed by atoms with E-state index in [0.717, 1.165) is 17.1 Å². The second kappa shape index (κ2) is 11.5. The molecule has 0 aliphatic heterocycles. The molecule has 3 rings (SSSR count). The third kappa shape index (κ3) is 7.24. The summed E-state index contributed by atoms with van der Waals surface area (Å²) in [5.74, 6) is 1.10. The highest BCUT2D eigenvalue weighted by Crippen LogP contribution is 2.27. The van der Waals surface area contributed by atoms with Gasteiger partial charge >= 0.3 is 6.03 Å². The van der Waals surface area contributed by atoms with E-state index in [-0.39, 0.29) is 29.8 Å². The van der Waals surface area contributed by atoms with E-state index in [4.69, 9.17) is 21.4 Å². The molecule has 0 bridgehead atoms. The van der Waals surface area contributed by atoms with E-state index >= 15 is 0 Å². The monoisotopic (exact) mass is 511 g/mol. The van der Waals surface area contributed by atoms with E-state index in [2.05, 4.69) is 31.4 Å². The molecule has 0 atom stereocenters. The zero-order chi connectivity index (χ0) is 26.5. The standard InChI is InChI=1S/C27H34ClN5O3/c1-18(2)16-32(26(35)29-20-9-7-19(28)8-10-20)17-25(34)30-24-15-23(27(3,4)5)31-33(24)21-11-13-22(36-6)14-12-21/h7-15,18H,16-17H2,1-6H3,(H,29,35)(H,30,34). The number of urea groups is 1. The second-order valence-electron chi connectivity index (χ2n) is 10.0. The average molecular weight is 512 g/mol. The van der Waals surface area contributed by atoms with Gasteiger partial charge in [0.15, 0.2) is 0 Å². The van der Waals surface area contributed by atoms with Crippen molar-refractivity contribution in [3.05, 3.63) is 65.3 Å². The lowest BCUT2D eigenvalue weighted by Gasteiger charge is -2.24. The average Bonchev–Trinajstić information content (AvgIpc) is 3.24. The zero-order valence-electron chi connectivity index (χ0n) is 21.6. The van der Waals surface area contributed by atoms with E-state index in [1.165, 1.54) is 4.90 Å². The minimum Gasteiger partial charge on any atom is -0.497 e. The Kier molecular flexibility index (Phi) is 8.63. The van der Waals surface area contributed by atoms with Crippen LogP contribution in [-0.4, -0.2) is 46.8 Å². The van der Waals surface area contributed by atoms with Crippen molar-refractivity contribution >= 4 is 35.0 Å². The Morgan fingerprint density at radius 2 is 1.69 bits per heavy atom. The maximum absolute atomic E-state index is 13.1. The summed E-state index contributed by atoms with van der Waals surface area (Å²) in [6.07, 6.45) is 0. The first-order chi connectivity index (χ1) is 17.0. The van der Waals surface area contributed by atoms with Crippen LogP contribution in [0.2, 0.25) is 5.02 Å². The Balaban J connectivity index is 1.81. The predicted molar refractivity (Wildman–Crippen MR) is 144 cm³/mol. The van der Waals surface area contributed by atoms with Gasteiger partial charge in [0.25, 0.3) is 0 Å². The summed E-state index contributed by atoms with van der Waals surface area (Å²) >= 11 is 5.94. The number of amides is 3. The van der Waals surface area contributed by atoms with Gasteiger partial charge in [-0.05, 0) is 54.4 Å². The maximum Gasteiger partial charge on any atom is 0.322 e. The number of ether oxygens (including phenoxy) is 1. The van der Waals surface area contributed by atoms with Gasteiger partial charge in [-0.2, -0.15) is 5.10 Å². The van der Waals surface area contributed by atoms with Gasteiger partial charge in [-0.25, -0.2) is 9.48 Å². The molecule has 8 nitrogen and oxygen atoms in total. The fourth-order valence-electron chi connectivity index (χ4n) is 3.51. The van der Waals surface area contributed by atoms with E-state index in [9.17, 15) is 9.59 Å². The SMILES string of the molecule is COc1ccc(-n2nc(C(C)(C)C)cc2NC(=O)CN(CC(C)C)C(=O)Nc2ccc(Cl)cc2)cc1. The van der Waals surface area contributed by atoms with Crippen LogP contribution in [0.1, 0.15) is 40.3 Å². The minimum atomic E-state index is -0.361. The van der Waals surface area contributed by atoms with Crippen molar-refractivity contribution in [2.24, 2.45) is 5.92 Å². The number of benzene rings is 2. The Labute approximate surface area is 217 Å². The van der Waals surface area contributed by atoms with Crippen molar-refractivity contribution in [2.45, 2.75) is 40.0 Å². The molecule has 3 aromatic rings. The van der Waals surface area contributed by atoms with Crippen LogP contribution < -0.4 is 15.4 Å². The van der Waals surface area contributed by atoms with Crippen molar-refractivity contribution in [1.82, 2.24) is 14.7 Å². The normalized spacial score (nSPS) is 11.3. The number of nitrogens with zero attached hydrogens (tertiary/aromatic N) is 3. The van der Waals surface area contributed by atoms with Gasteiger partial charge in [-0.3, -0.25) is 4.79 Å². The summed E-state index contributed by atoms with van der Waals surface area (Å²) in [7, 11) is 1.61. The second-order valence-corrected chi connectivity index (χ2v) is 10.5. The number of nitrogens with one attached hydrogen (secondary N) is 2. The van der Waals surface area contributed by atoms with Gasteiger partial charge in [0, 0.05) is 28.7 Å². The van der Waals surface area contributed by atoms with Gasteiger partial charge in [0.05, 0.1) is 18.5 Å². The van der Waals surface area contributed by atoms with Crippen molar-refractivity contribution in [1.29, 1.82) is 0 Å². The smallest absolute Gasteiger partial charge is 0.322 e. The van der Waals surface area contributed by atoms with Crippen molar-refractivity contribution < 1.29 is 14.3 Å². The predicted octanol–water partition coefficient (Wildman–Crippen LogP) is 5.96. The molecule has 0 saturated heterocycles. The van der Waals surface area contributed by atoms with Crippen LogP contribution in [-0.2, 0) is 10.2 Å². The molecule has 1 aromatic heterocycles. The molecule has 1 heterocycles. The molecular weight excluding hydrogens is 478 g/mol. The van der Waals surface area contributed by atoms with Crippen molar-refractivity contribution in [2.75, 3.05) is 30.8 Å². The summed E-state index contributed by atoms with van der Waals surface area (Å²) < 4.78 is 6.95. The van der Waals surface area contributed by atoms with Crippen LogP contribution in [0, 0.1) is 5.92 Å². The number of hydrogen-bond acceptors (Lipinski definition) is 4. The first-order valence-electron chi connectivity index (χ1n) is 11.8. The quantitative estimate of drug-likeness (QED) is 0.390. The van der Waals surface area contributed by atoms with Crippen LogP contribution >= 0.6 is 11.6 Å². The first kappa shape index (κ1) is 27.1. The Hall–Kier alpha value is -3.52. The lowest BCUT2D eigenvalue weighted by molar-refractivity contribution is -0.116. The van der Waals surface area contributed by atoms with Gasteiger partial charge < -0.3 is 20.3 Å². The number of methoxy groups -OCH3 is 1. The highest BCUT2D eigenvalue weighted by Gasteiger charge is 2.23. The highest BCUT2D eigenvalue weighted by molar-refractivity contribution is 6.30. The number of rotatable bonds is 8. The third-order valence-corrected chi connectivity index (χ3v) is 5.62. The number of carbonyl (C=O) groups excluding carboxylic acids is 2. The molecule has 0 radical (unpaired) electrons. The fraction of sp³-hybridized carbons (Fsp3) is 0.370. The molecule has 9 heteroatoms. The maximum atomic E-state index is 13.1. The van der Waals surface area contributed by atoms with Crippen LogP contribution in [0.4, 0.5) is 16.3 Å². The molecule has 0 spiro atoms. The van der Waals surface area contributed by atoms with E-state index < -0.39 is 0 Å². The summed E-state index contributed by atoms with van der Waals surface area (Å²) in [5, 5.41) is 11.1. The lowest BCUT2D eigenvalue weighted by Crippen LogP contribution is -2.42. The molecule has 0 unspecified atom stereocenters. The van der Waals surface area contributed by atoms with Crippen LogP contribution in [0.15, 0.2) is 54.6 Å². The number of hydrogen-bond donors (Lipinski definition) is 2. The van der Waals surface area contributed by atoms with Crippen molar-refractivity contribution in [3.63, 3.8) is 0 Å². The molecule has 0 saturated carbocycles. The van der Waals surface area contributed by atoms with Crippen molar-refractivity contribution in [3.8, 4) is 11.4 Å². The Morgan fingerprint density at radius 3 is 2.25 bits per heavy atom. The van der Waals surface area contributed by atoms with Gasteiger partial charge in [-0.15, -0.1) is 0 Å². The third-order valence-electron chi connectivity index (χ3n) is 5.36. The largest absolute Gasteiger partial charge is 0.497 e. The zero-order valence-corrected chi connectivity index (χ0v) is 22.4. The Bertz CT molecular complexity index is 1180. The topological polar surface area (TPSA) is 88.5 Å². The van der Waals surface area contributed by atoms with E-state index in [1.807, 2.05) is 44.2 Å². The number of halogens is 1. The lowest BCUT2D eigenvalue weighted by atomic mass is 9.92. The molecule has 2 aromatic carbocycles. The molecule has 0 aliphatic carbocycles. The minimum absolute atomic E-state index is 0.115. The number of anilines is 2. The molecule has 192 valence electrons. The Morgan fingerprint density at radius 1 is 1.06 bits per heavy atom. The van der Waals surface area contributed by atoms with Gasteiger partial charge in [-0.1, -0.05) is 46.2 Å². The molecule has 0 aliphatic rings. The summed E-state index contributed by atoms with van der Waals surface area (Å²) in [6, 6.07) is 15.8. The van der Waals surface area contributed by atoms with Crippen LogP contribution in [0.5, 0.6) is 5.75 Å². The van der Waals surface area contributed by atoms with Gasteiger partial charge in [0.1, 0.15) is 18.1 Å². The summed E-state index contributed by atoms with van der Waals surface area (Å²) in [4.78, 5) is 27.6. The van der Waals surface area contributed by atoms with E-state index in [1.54, 1.807) is 36.1 Å². The summed E-state index contributed by atoms with van der Waals surface area (Å²) in [5.41, 5.74) is 1.99. The highest BCUT2D eigenvalue weighted by atomic mass is 35.5. The number of carbonyl (C=O) groups is 2. The van der Waals surface area contributed by atoms with Gasteiger partial charge in [0.2, 0.25) is 5.91 Å². The molecule has 3 amide bonds. The molecule has 0 fully saturated rings.